The maximum atomic E-state index is 9.43. The third kappa shape index (κ3) is 17.8. The number of hydrogen-bond acceptors (Lipinski definition) is 2. The van der Waals surface area contributed by atoms with Crippen LogP contribution in [0.4, 0.5) is 0 Å². The minimum atomic E-state index is -1.31. The zero-order valence-corrected chi connectivity index (χ0v) is 9.61. The van der Waals surface area contributed by atoms with E-state index in [2.05, 4.69) is 0 Å². The Labute approximate surface area is 78.9 Å². The molecular weight excluding hydrogens is 472 g/mol. The summed E-state index contributed by atoms with van der Waals surface area (Å²) in [6, 6.07) is 0. The van der Waals surface area contributed by atoms with E-state index in [-0.39, 0.29) is 40.8 Å². The Morgan fingerprint density at radius 2 is 1.22 bits per heavy atom. The van der Waals surface area contributed by atoms with Gasteiger partial charge in [0.1, 0.15) is 6.42 Å². The summed E-state index contributed by atoms with van der Waals surface area (Å²) in [6.45, 7) is 0. The Balaban J connectivity index is -0.000000180. The summed E-state index contributed by atoms with van der Waals surface area (Å²) in [5, 5.41) is 15.4. The topological polar surface area (TPSA) is 74.6 Å². The van der Waals surface area contributed by atoms with E-state index in [9.17, 15) is 9.59 Å². The largest absolute Gasteiger partial charge is 0.481 e. The van der Waals surface area contributed by atoms with Gasteiger partial charge in [0.05, 0.1) is 0 Å². The van der Waals surface area contributed by atoms with Gasteiger partial charge in [-0.2, -0.15) is 0 Å². The van der Waals surface area contributed by atoms with Crippen molar-refractivity contribution in [1.82, 2.24) is 0 Å². The van der Waals surface area contributed by atoms with Gasteiger partial charge in [0.25, 0.3) is 0 Å². The van der Waals surface area contributed by atoms with Crippen LogP contribution in [0.1, 0.15) is 6.42 Å². The van der Waals surface area contributed by atoms with E-state index in [1.807, 2.05) is 0 Å². The molecule has 2 radical (unpaired) electrons. The predicted molar refractivity (Wildman–Crippen MR) is 19.9 cm³/mol. The maximum absolute atomic E-state index is 9.43. The molecule has 0 heterocycles. The van der Waals surface area contributed by atoms with E-state index in [0.717, 1.165) is 0 Å². The molecule has 0 spiro atoms. The normalized spacial score (nSPS) is 6.22. The van der Waals surface area contributed by atoms with Crippen molar-refractivity contribution in [3.05, 3.63) is 0 Å². The minimum Gasteiger partial charge on any atom is -0.481 e. The van der Waals surface area contributed by atoms with E-state index in [0.29, 0.717) is 0 Å². The van der Waals surface area contributed by atoms with Crippen molar-refractivity contribution in [2.75, 3.05) is 0 Å². The Kier molecular flexibility index (Phi) is 14.8. The molecule has 0 aromatic carbocycles. The van der Waals surface area contributed by atoms with Crippen LogP contribution in [0.25, 0.3) is 0 Å². The summed E-state index contributed by atoms with van der Waals surface area (Å²) in [5.74, 6) is -2.62. The molecule has 0 saturated carbocycles. The van der Waals surface area contributed by atoms with Gasteiger partial charge in [-0.1, -0.05) is 0 Å². The number of aliphatic carboxylic acids is 2. The molecule has 0 fully saturated rings. The van der Waals surface area contributed by atoms with Crippen LogP contribution >= 0.6 is 0 Å². The second kappa shape index (κ2) is 8.26. The zero-order chi connectivity index (χ0) is 5.86. The first-order chi connectivity index (χ1) is 3.13. The summed E-state index contributed by atoms with van der Waals surface area (Å²) >= 11 is 0. The molecule has 0 aliphatic carbocycles. The molecule has 0 aliphatic heterocycles. The van der Waals surface area contributed by atoms with Gasteiger partial charge in [-0.05, 0) is 0 Å². The molecule has 2 N–H and O–H groups in total. The second-order valence-corrected chi connectivity index (χ2v) is 0.964. The molecule has 54 valence electrons. The van der Waals surface area contributed by atoms with Crippen LogP contribution in [0.3, 0.4) is 0 Å². The van der Waals surface area contributed by atoms with Gasteiger partial charge < -0.3 is 10.2 Å². The van der Waals surface area contributed by atoms with E-state index < -0.39 is 18.4 Å². The minimum absolute atomic E-state index is 0. The summed E-state index contributed by atoms with van der Waals surface area (Å²) in [4.78, 5) is 18.9. The number of carbonyl (C=O) groups is 2. The molecule has 0 atom stereocenters. The number of hydrogen-bond donors (Lipinski definition) is 2. The average Bonchev–Trinajstić information content (AvgIpc) is 1.27. The first-order valence-corrected chi connectivity index (χ1v) is 1.56. The molecule has 0 bridgehead atoms. The second-order valence-electron chi connectivity index (χ2n) is 0.964. The van der Waals surface area contributed by atoms with Gasteiger partial charge in [-0.25, -0.2) is 0 Å². The first kappa shape index (κ1) is 16.1. The van der Waals surface area contributed by atoms with Gasteiger partial charge in [0, 0.05) is 40.8 Å². The Morgan fingerprint density at radius 1 is 1.00 bits per heavy atom. The predicted octanol–water partition coefficient (Wildman–Crippen LogP) is -0.459. The van der Waals surface area contributed by atoms with Gasteiger partial charge >= 0.3 is 11.9 Å². The molecule has 6 heteroatoms. The van der Waals surface area contributed by atoms with Gasteiger partial charge in [-0.15, -0.1) is 0 Å². The standard InChI is InChI=1S/C3H4O4.2Re/c4-2(5)1-3(6)7;;/h1H2,(H,4,5)(H,6,7);;. The number of carboxylic acids is 2. The van der Waals surface area contributed by atoms with Gasteiger partial charge in [0.2, 0.25) is 0 Å². The van der Waals surface area contributed by atoms with Crippen LogP contribution in [0.15, 0.2) is 0 Å². The molecule has 0 saturated heterocycles. The molecular formula is C3H4O4Re2. The van der Waals surface area contributed by atoms with Crippen molar-refractivity contribution in [2.45, 2.75) is 6.42 Å². The molecule has 0 aliphatic rings. The molecule has 0 unspecified atom stereocenters. The van der Waals surface area contributed by atoms with Crippen LogP contribution < -0.4 is 0 Å². The van der Waals surface area contributed by atoms with Crippen molar-refractivity contribution < 1.29 is 60.6 Å². The Morgan fingerprint density at radius 3 is 1.22 bits per heavy atom. The third-order valence-electron chi connectivity index (χ3n) is 0.302. The molecule has 0 aromatic heterocycles. The number of carboxylic acid groups (broad SMARTS) is 2. The fourth-order valence-corrected chi connectivity index (χ4v) is 0.129. The SMILES string of the molecule is O=C(O)CC(=O)O.[Re].[Re]. The summed E-state index contributed by atoms with van der Waals surface area (Å²) < 4.78 is 0. The van der Waals surface area contributed by atoms with Crippen LogP contribution in [0, 0.1) is 0 Å². The summed E-state index contributed by atoms with van der Waals surface area (Å²) in [5.41, 5.74) is 0. The van der Waals surface area contributed by atoms with Crippen LogP contribution in [-0.4, -0.2) is 22.2 Å². The quantitative estimate of drug-likeness (QED) is 0.530. The monoisotopic (exact) mass is 478 g/mol. The van der Waals surface area contributed by atoms with Crippen molar-refractivity contribution in [3.63, 3.8) is 0 Å². The van der Waals surface area contributed by atoms with E-state index >= 15 is 0 Å². The average molecular weight is 476 g/mol. The van der Waals surface area contributed by atoms with E-state index in [1.165, 1.54) is 0 Å². The summed E-state index contributed by atoms with van der Waals surface area (Å²) in [6.07, 6.45) is -0.806. The van der Waals surface area contributed by atoms with Crippen molar-refractivity contribution in [2.24, 2.45) is 0 Å². The number of rotatable bonds is 2. The van der Waals surface area contributed by atoms with E-state index in [4.69, 9.17) is 10.2 Å². The molecule has 0 rings (SSSR count). The molecule has 4 nitrogen and oxygen atoms in total. The smallest absolute Gasteiger partial charge is 0.314 e. The third-order valence-corrected chi connectivity index (χ3v) is 0.302. The molecule has 0 aromatic rings. The summed E-state index contributed by atoms with van der Waals surface area (Å²) in [7, 11) is 0. The van der Waals surface area contributed by atoms with Gasteiger partial charge in [-0.3, -0.25) is 9.59 Å². The Hall–Kier alpha value is 0.265. The van der Waals surface area contributed by atoms with Crippen molar-refractivity contribution >= 4 is 11.9 Å². The zero-order valence-electron chi connectivity index (χ0n) is 4.17. The van der Waals surface area contributed by atoms with Crippen molar-refractivity contribution in [1.29, 1.82) is 0 Å². The van der Waals surface area contributed by atoms with Crippen LogP contribution in [0.5, 0.6) is 0 Å². The van der Waals surface area contributed by atoms with Crippen LogP contribution in [0.2, 0.25) is 0 Å². The fourth-order valence-electron chi connectivity index (χ4n) is 0.129. The van der Waals surface area contributed by atoms with Crippen molar-refractivity contribution in [3.8, 4) is 0 Å². The fraction of sp³-hybridized carbons (Fsp3) is 0.333. The Bertz CT molecular complexity index is 90.0. The van der Waals surface area contributed by atoms with Gasteiger partial charge in [0.15, 0.2) is 0 Å². The first-order valence-electron chi connectivity index (χ1n) is 1.56. The van der Waals surface area contributed by atoms with Crippen LogP contribution in [-0.2, 0) is 50.4 Å². The molecule has 0 amide bonds. The maximum Gasteiger partial charge on any atom is 0.314 e. The van der Waals surface area contributed by atoms with E-state index in [1.54, 1.807) is 0 Å². The molecule has 9 heavy (non-hydrogen) atoms.